The van der Waals surface area contributed by atoms with Crippen molar-refractivity contribution in [3.8, 4) is 11.1 Å². The highest BCUT2D eigenvalue weighted by Gasteiger charge is 2.33. The molecule has 0 spiro atoms. The number of carbonyl (C=O) groups is 1. The number of amides is 1. The Morgan fingerprint density at radius 3 is 2.14 bits per heavy atom. The second-order valence-corrected chi connectivity index (χ2v) is 11.5. The zero-order valence-electron chi connectivity index (χ0n) is 18.9. The van der Waals surface area contributed by atoms with Gasteiger partial charge in [0.1, 0.15) is 11.4 Å². The molecule has 184 valence electrons. The van der Waals surface area contributed by atoms with Crippen molar-refractivity contribution in [3.05, 3.63) is 78.4 Å². The molecule has 0 heterocycles. The molecule has 0 aliphatic carbocycles. The van der Waals surface area contributed by atoms with E-state index in [2.05, 4.69) is 10.0 Å². The van der Waals surface area contributed by atoms with Crippen LogP contribution in [0.4, 0.5) is 5.69 Å². The number of anilines is 1. The van der Waals surface area contributed by atoms with Crippen LogP contribution in [0.1, 0.15) is 19.4 Å². The van der Waals surface area contributed by atoms with Gasteiger partial charge in [0.15, 0.2) is 0 Å². The van der Waals surface area contributed by atoms with Gasteiger partial charge in [-0.1, -0.05) is 42.5 Å². The largest absolute Gasteiger partial charge is 0.384 e. The van der Waals surface area contributed by atoms with Crippen molar-refractivity contribution in [2.75, 3.05) is 5.32 Å². The molecule has 3 aromatic carbocycles. The normalized spacial score (nSPS) is 12.2. The van der Waals surface area contributed by atoms with Gasteiger partial charge in [-0.2, -0.15) is 4.72 Å². The van der Waals surface area contributed by atoms with Gasteiger partial charge in [0.05, 0.1) is 9.79 Å². The Morgan fingerprint density at radius 2 is 1.54 bits per heavy atom. The smallest absolute Gasteiger partial charge is 0.245 e. The lowest BCUT2D eigenvalue weighted by Gasteiger charge is -2.25. The first kappa shape index (κ1) is 26.0. The number of hydrogen-bond acceptors (Lipinski definition) is 6. The van der Waals surface area contributed by atoms with E-state index >= 15 is 0 Å². The fourth-order valence-electron chi connectivity index (χ4n) is 3.25. The molecule has 0 aliphatic rings. The molecule has 0 saturated heterocycles. The average molecular weight is 516 g/mol. The Balaban J connectivity index is 1.79. The highest BCUT2D eigenvalue weighted by atomic mass is 32.2. The second-order valence-electron chi connectivity index (χ2n) is 8.24. The van der Waals surface area contributed by atoms with Crippen LogP contribution in [0.2, 0.25) is 0 Å². The van der Waals surface area contributed by atoms with E-state index in [9.17, 15) is 21.6 Å². The number of rotatable bonds is 8. The van der Waals surface area contributed by atoms with E-state index in [-0.39, 0.29) is 21.2 Å². The Labute approximate surface area is 204 Å². The molecule has 1 amide bonds. The van der Waals surface area contributed by atoms with Gasteiger partial charge in [0.2, 0.25) is 26.0 Å². The highest BCUT2D eigenvalue weighted by Crippen LogP contribution is 2.28. The number of benzene rings is 3. The first-order valence-electron chi connectivity index (χ1n) is 10.2. The summed E-state index contributed by atoms with van der Waals surface area (Å²) in [5, 5.41) is 15.4. The third kappa shape index (κ3) is 6.11. The molecular weight excluding hydrogens is 490 g/mol. The molecule has 7 N–H and O–H groups in total. The SMILES string of the molecule is CC(C)(NS(=O)(=O)c1cccc(C(=N)N)c1)C(=O)Nc1ccc(-c2ccccc2S(N)(=O)=O)cc1. The molecule has 0 atom stereocenters. The Bertz CT molecular complexity index is 1500. The quantitative estimate of drug-likeness (QED) is 0.225. The van der Waals surface area contributed by atoms with Crippen LogP contribution < -0.4 is 20.9 Å². The molecule has 3 aromatic rings. The van der Waals surface area contributed by atoms with Crippen LogP contribution in [-0.2, 0) is 24.8 Å². The summed E-state index contributed by atoms with van der Waals surface area (Å²) in [6, 6.07) is 18.2. The van der Waals surface area contributed by atoms with Gasteiger partial charge in [0, 0.05) is 16.8 Å². The summed E-state index contributed by atoms with van der Waals surface area (Å²) in [5.41, 5.74) is 5.48. The second kappa shape index (κ2) is 9.58. The van der Waals surface area contributed by atoms with Crippen LogP contribution in [0.25, 0.3) is 11.1 Å². The number of nitrogens with one attached hydrogen (secondary N) is 3. The van der Waals surface area contributed by atoms with Gasteiger partial charge < -0.3 is 11.1 Å². The van der Waals surface area contributed by atoms with Crippen LogP contribution in [0.3, 0.4) is 0 Å². The molecule has 0 fully saturated rings. The summed E-state index contributed by atoms with van der Waals surface area (Å²) in [4.78, 5) is 12.7. The van der Waals surface area contributed by atoms with Crippen LogP contribution in [0.5, 0.6) is 0 Å². The number of nitrogens with two attached hydrogens (primary N) is 2. The maximum Gasteiger partial charge on any atom is 0.245 e. The number of hydrogen-bond donors (Lipinski definition) is 5. The number of amidine groups is 1. The molecule has 35 heavy (non-hydrogen) atoms. The third-order valence-electron chi connectivity index (χ3n) is 5.06. The van der Waals surface area contributed by atoms with Crippen molar-refractivity contribution < 1.29 is 21.6 Å². The molecule has 0 aromatic heterocycles. The molecule has 10 nitrogen and oxygen atoms in total. The van der Waals surface area contributed by atoms with E-state index < -0.39 is 31.5 Å². The summed E-state index contributed by atoms with van der Waals surface area (Å²) in [6.45, 7) is 2.82. The van der Waals surface area contributed by atoms with Gasteiger partial charge >= 0.3 is 0 Å². The predicted octanol–water partition coefficient (Wildman–Crippen LogP) is 1.98. The summed E-state index contributed by atoms with van der Waals surface area (Å²) in [5.74, 6) is -0.907. The molecule has 3 rings (SSSR count). The lowest BCUT2D eigenvalue weighted by molar-refractivity contribution is -0.120. The molecule has 0 bridgehead atoms. The molecule has 0 unspecified atom stereocenters. The van der Waals surface area contributed by atoms with E-state index in [4.69, 9.17) is 16.3 Å². The van der Waals surface area contributed by atoms with E-state index in [0.717, 1.165) is 0 Å². The van der Waals surface area contributed by atoms with Crippen molar-refractivity contribution >= 4 is 37.5 Å². The Kier molecular flexibility index (Phi) is 7.13. The molecule has 0 aliphatic heterocycles. The molecular formula is C23H25N5O5S2. The number of nitrogen functional groups attached to an aromatic ring is 1. The minimum Gasteiger partial charge on any atom is -0.384 e. The Hall–Kier alpha value is -3.58. The molecule has 0 saturated carbocycles. The summed E-state index contributed by atoms with van der Waals surface area (Å²) in [6.07, 6.45) is 0. The van der Waals surface area contributed by atoms with Gasteiger partial charge in [-0.25, -0.2) is 22.0 Å². The lowest BCUT2D eigenvalue weighted by Crippen LogP contribution is -2.52. The van der Waals surface area contributed by atoms with Gasteiger partial charge in [-0.05, 0) is 49.7 Å². The van der Waals surface area contributed by atoms with Gasteiger partial charge in [-0.3, -0.25) is 10.2 Å². The first-order valence-corrected chi connectivity index (χ1v) is 13.3. The third-order valence-corrected chi connectivity index (χ3v) is 7.68. The first-order chi connectivity index (χ1) is 16.2. The maximum absolute atomic E-state index is 12.9. The van der Waals surface area contributed by atoms with Crippen molar-refractivity contribution in [2.45, 2.75) is 29.2 Å². The van der Waals surface area contributed by atoms with E-state index in [0.29, 0.717) is 16.8 Å². The van der Waals surface area contributed by atoms with Crippen LogP contribution in [-0.4, -0.2) is 34.1 Å². The minimum absolute atomic E-state index is 0.0267. The zero-order chi connectivity index (χ0) is 26.0. The van der Waals surface area contributed by atoms with Gasteiger partial charge in [-0.15, -0.1) is 0 Å². The minimum atomic E-state index is -4.10. The van der Waals surface area contributed by atoms with Crippen LogP contribution in [0, 0.1) is 5.41 Å². The van der Waals surface area contributed by atoms with Crippen molar-refractivity contribution in [2.24, 2.45) is 10.9 Å². The number of carbonyl (C=O) groups excluding carboxylic acids is 1. The summed E-state index contributed by atoms with van der Waals surface area (Å²) < 4.78 is 51.8. The fourth-order valence-corrected chi connectivity index (χ4v) is 5.43. The zero-order valence-corrected chi connectivity index (χ0v) is 20.6. The highest BCUT2D eigenvalue weighted by molar-refractivity contribution is 7.89. The van der Waals surface area contributed by atoms with Gasteiger partial charge in [0.25, 0.3) is 0 Å². The van der Waals surface area contributed by atoms with Crippen LogP contribution >= 0.6 is 0 Å². The van der Waals surface area contributed by atoms with E-state index in [1.54, 1.807) is 42.5 Å². The van der Waals surface area contributed by atoms with Crippen LogP contribution in [0.15, 0.2) is 82.6 Å². The molecule has 0 radical (unpaired) electrons. The lowest BCUT2D eigenvalue weighted by atomic mass is 10.0. The summed E-state index contributed by atoms with van der Waals surface area (Å²) in [7, 11) is -8.04. The fraction of sp³-hybridized carbons (Fsp3) is 0.130. The Morgan fingerprint density at radius 1 is 0.914 bits per heavy atom. The standard InChI is InChI=1S/C23H25N5O5S2/c1-23(2,28-35(32,33)18-7-5-6-16(14-18)21(24)25)22(29)27-17-12-10-15(11-13-17)19-8-3-4-9-20(19)34(26,30)31/h3-14,28H,1-2H3,(H3,24,25)(H,27,29)(H2,26,30,31). The molecule has 12 heteroatoms. The van der Waals surface area contributed by atoms with E-state index in [1.807, 2.05) is 0 Å². The van der Waals surface area contributed by atoms with Crippen molar-refractivity contribution in [3.63, 3.8) is 0 Å². The number of sulfonamides is 2. The van der Waals surface area contributed by atoms with Crippen molar-refractivity contribution in [1.29, 1.82) is 5.41 Å². The van der Waals surface area contributed by atoms with E-state index in [1.165, 1.54) is 44.2 Å². The number of primary sulfonamides is 1. The maximum atomic E-state index is 12.9. The van der Waals surface area contributed by atoms with Crippen molar-refractivity contribution in [1.82, 2.24) is 4.72 Å². The predicted molar refractivity (Wildman–Crippen MR) is 134 cm³/mol. The monoisotopic (exact) mass is 515 g/mol. The average Bonchev–Trinajstić information content (AvgIpc) is 2.78. The topological polar surface area (TPSA) is 185 Å². The summed E-state index contributed by atoms with van der Waals surface area (Å²) >= 11 is 0.